The number of ether oxygens (including phenoxy) is 1. The van der Waals surface area contributed by atoms with Gasteiger partial charge in [0.1, 0.15) is 5.69 Å². The molecule has 1 aliphatic carbocycles. The largest absolute Gasteiger partial charge is 0.465 e. The molecule has 1 saturated carbocycles. The molecule has 208 valence electrons. The number of fused-ring (bicyclic) bond motifs is 1. The highest BCUT2D eigenvalue weighted by molar-refractivity contribution is 6.36. The van der Waals surface area contributed by atoms with Crippen LogP contribution in [0.4, 0.5) is 4.79 Å². The van der Waals surface area contributed by atoms with Gasteiger partial charge in [0.15, 0.2) is 6.23 Å². The van der Waals surface area contributed by atoms with Crippen molar-refractivity contribution in [1.82, 2.24) is 29.4 Å². The Morgan fingerprint density at radius 2 is 1.90 bits per heavy atom. The molecule has 1 spiro atoms. The van der Waals surface area contributed by atoms with Crippen LogP contribution in [0.1, 0.15) is 61.2 Å². The molecule has 7 rings (SSSR count). The number of hydrogen-bond acceptors (Lipinski definition) is 5. The second-order valence-corrected chi connectivity index (χ2v) is 12.2. The van der Waals surface area contributed by atoms with Crippen molar-refractivity contribution in [3.63, 3.8) is 0 Å². The Kier molecular flexibility index (Phi) is 5.94. The van der Waals surface area contributed by atoms with Crippen LogP contribution in [0.15, 0.2) is 30.7 Å². The normalized spacial score (nSPS) is 20.6. The first-order valence-electron chi connectivity index (χ1n) is 14.0. The summed E-state index contributed by atoms with van der Waals surface area (Å²) in [4.78, 5) is 17.2. The minimum atomic E-state index is -0.834. The molecule has 2 aliphatic heterocycles. The number of nitrogens with zero attached hydrogens (tertiary/aromatic N) is 6. The van der Waals surface area contributed by atoms with Crippen molar-refractivity contribution in [2.45, 2.75) is 65.1 Å². The summed E-state index contributed by atoms with van der Waals surface area (Å²) in [5.41, 5.74) is 8.03. The Balaban J connectivity index is 1.37. The van der Waals surface area contributed by atoms with Crippen LogP contribution in [-0.4, -0.2) is 60.3 Å². The van der Waals surface area contributed by atoms with E-state index in [-0.39, 0.29) is 17.7 Å². The Hall–Kier alpha value is -3.43. The molecule has 40 heavy (non-hydrogen) atoms. The minimum Gasteiger partial charge on any atom is -0.465 e. The fourth-order valence-electron chi connectivity index (χ4n) is 7.05. The van der Waals surface area contributed by atoms with E-state index in [1.807, 2.05) is 30.1 Å². The number of pyridine rings is 1. The van der Waals surface area contributed by atoms with Crippen LogP contribution in [0.25, 0.3) is 33.3 Å². The third-order valence-electron chi connectivity index (χ3n) is 9.13. The molecule has 0 radical (unpaired) electrons. The van der Waals surface area contributed by atoms with E-state index >= 15 is 0 Å². The molecule has 4 aromatic rings. The van der Waals surface area contributed by atoms with Gasteiger partial charge in [-0.05, 0) is 76.1 Å². The number of likely N-dealkylation sites (tertiary alicyclic amines) is 1. The van der Waals surface area contributed by atoms with E-state index in [1.54, 1.807) is 6.20 Å². The standard InChI is InChI=1S/C30H33ClN6O3/c1-17-10-23-22(14-33-37(23)24-6-4-5-9-40-24)26(27(17)31)25-19(3)36(34-28(25)21-7-8-32-13-18(21)2)20-11-30(12-20)15-35(16-30)29(38)39/h7-8,10,13-14,20,24H,4-6,9,11-12,15-16H2,1-3H3,(H,38,39). The quantitative estimate of drug-likeness (QED) is 0.304. The maximum atomic E-state index is 11.4. The highest BCUT2D eigenvalue weighted by Gasteiger charge is 2.55. The lowest BCUT2D eigenvalue weighted by Gasteiger charge is -2.58. The van der Waals surface area contributed by atoms with Crippen LogP contribution in [0.5, 0.6) is 0 Å². The van der Waals surface area contributed by atoms with Crippen molar-refractivity contribution in [3.8, 4) is 22.4 Å². The maximum Gasteiger partial charge on any atom is 0.407 e. The number of carbonyl (C=O) groups is 1. The van der Waals surface area contributed by atoms with Gasteiger partial charge in [0.2, 0.25) is 0 Å². The predicted molar refractivity (Wildman–Crippen MR) is 153 cm³/mol. The zero-order chi connectivity index (χ0) is 27.8. The zero-order valence-electron chi connectivity index (χ0n) is 23.0. The number of amides is 1. The number of aromatic nitrogens is 5. The number of aryl methyl sites for hydroxylation is 2. The summed E-state index contributed by atoms with van der Waals surface area (Å²) < 4.78 is 10.3. The summed E-state index contributed by atoms with van der Waals surface area (Å²) in [6.07, 6.45) is 9.65. The van der Waals surface area contributed by atoms with Crippen LogP contribution in [0.3, 0.4) is 0 Å². The van der Waals surface area contributed by atoms with Gasteiger partial charge >= 0.3 is 6.09 Å². The molecule has 9 nitrogen and oxygen atoms in total. The van der Waals surface area contributed by atoms with Crippen molar-refractivity contribution >= 4 is 28.6 Å². The number of halogens is 1. The molecule has 10 heteroatoms. The molecule has 1 amide bonds. The highest BCUT2D eigenvalue weighted by Crippen LogP contribution is 2.55. The van der Waals surface area contributed by atoms with Gasteiger partial charge in [0, 0.05) is 65.3 Å². The molecule has 1 atom stereocenters. The molecule has 3 fully saturated rings. The van der Waals surface area contributed by atoms with Gasteiger partial charge in [-0.3, -0.25) is 9.67 Å². The summed E-state index contributed by atoms with van der Waals surface area (Å²) in [5, 5.41) is 21.1. The average Bonchev–Trinajstić information content (AvgIpc) is 3.45. The van der Waals surface area contributed by atoms with E-state index in [0.29, 0.717) is 18.1 Å². The molecule has 1 unspecified atom stereocenters. The lowest BCUT2D eigenvalue weighted by molar-refractivity contribution is -0.0775. The molecule has 3 aliphatic rings. The van der Waals surface area contributed by atoms with E-state index in [4.69, 9.17) is 26.5 Å². The maximum absolute atomic E-state index is 11.4. The van der Waals surface area contributed by atoms with Gasteiger partial charge < -0.3 is 14.7 Å². The Bertz CT molecular complexity index is 1640. The second-order valence-electron chi connectivity index (χ2n) is 11.9. The lowest BCUT2D eigenvalue weighted by Crippen LogP contribution is -2.63. The third-order valence-corrected chi connectivity index (χ3v) is 9.62. The van der Waals surface area contributed by atoms with Gasteiger partial charge in [-0.15, -0.1) is 0 Å². The summed E-state index contributed by atoms with van der Waals surface area (Å²) >= 11 is 7.15. The van der Waals surface area contributed by atoms with Gasteiger partial charge in [0.05, 0.1) is 22.8 Å². The third kappa shape index (κ3) is 3.85. The fourth-order valence-corrected chi connectivity index (χ4v) is 7.30. The topological polar surface area (TPSA) is 98.3 Å². The second kappa shape index (κ2) is 9.31. The monoisotopic (exact) mass is 560 g/mol. The van der Waals surface area contributed by atoms with Gasteiger partial charge in [-0.25, -0.2) is 9.48 Å². The average molecular weight is 561 g/mol. The first kappa shape index (κ1) is 25.5. The van der Waals surface area contributed by atoms with Crippen molar-refractivity contribution in [2.24, 2.45) is 5.41 Å². The molecule has 3 aromatic heterocycles. The van der Waals surface area contributed by atoms with Crippen LogP contribution in [0.2, 0.25) is 5.02 Å². The molecule has 0 bridgehead atoms. The van der Waals surface area contributed by atoms with Crippen LogP contribution < -0.4 is 0 Å². The van der Waals surface area contributed by atoms with Crippen molar-refractivity contribution in [1.29, 1.82) is 0 Å². The number of hydrogen-bond donors (Lipinski definition) is 1. The van der Waals surface area contributed by atoms with Crippen molar-refractivity contribution in [2.75, 3.05) is 19.7 Å². The van der Waals surface area contributed by atoms with E-state index in [9.17, 15) is 9.90 Å². The Morgan fingerprint density at radius 3 is 2.60 bits per heavy atom. The van der Waals surface area contributed by atoms with Crippen molar-refractivity contribution in [3.05, 3.63) is 52.6 Å². The summed E-state index contributed by atoms with van der Waals surface area (Å²) in [5.74, 6) is 0. The van der Waals surface area contributed by atoms with Gasteiger partial charge in [-0.1, -0.05) is 11.6 Å². The summed E-state index contributed by atoms with van der Waals surface area (Å²) in [7, 11) is 0. The first-order chi connectivity index (χ1) is 19.3. The van der Waals surface area contributed by atoms with E-state index in [0.717, 1.165) is 88.8 Å². The molecule has 5 heterocycles. The summed E-state index contributed by atoms with van der Waals surface area (Å²) in [6.45, 7) is 8.18. The number of rotatable bonds is 4. The summed E-state index contributed by atoms with van der Waals surface area (Å²) in [6, 6.07) is 4.34. The molecular weight excluding hydrogens is 528 g/mol. The zero-order valence-corrected chi connectivity index (χ0v) is 23.8. The predicted octanol–water partition coefficient (Wildman–Crippen LogP) is 6.55. The molecular formula is C30H33ClN6O3. The molecule has 1 N–H and O–H groups in total. The van der Waals surface area contributed by atoms with E-state index in [2.05, 4.69) is 29.6 Å². The fraction of sp³-hybridized carbons (Fsp3) is 0.467. The number of benzene rings is 1. The Morgan fingerprint density at radius 1 is 1.10 bits per heavy atom. The van der Waals surface area contributed by atoms with E-state index in [1.165, 1.54) is 4.90 Å². The van der Waals surface area contributed by atoms with Gasteiger partial charge in [0.25, 0.3) is 0 Å². The molecule has 2 saturated heterocycles. The minimum absolute atomic E-state index is 0.0732. The highest BCUT2D eigenvalue weighted by atomic mass is 35.5. The number of carboxylic acid groups (broad SMARTS) is 1. The Labute approximate surface area is 237 Å². The van der Waals surface area contributed by atoms with Gasteiger partial charge in [-0.2, -0.15) is 10.2 Å². The van der Waals surface area contributed by atoms with Crippen LogP contribution in [0, 0.1) is 26.2 Å². The first-order valence-corrected chi connectivity index (χ1v) is 14.4. The lowest BCUT2D eigenvalue weighted by atomic mass is 9.61. The molecule has 1 aromatic carbocycles. The smallest absolute Gasteiger partial charge is 0.407 e. The van der Waals surface area contributed by atoms with Crippen LogP contribution >= 0.6 is 11.6 Å². The van der Waals surface area contributed by atoms with Crippen LogP contribution in [-0.2, 0) is 4.74 Å². The van der Waals surface area contributed by atoms with Crippen molar-refractivity contribution < 1.29 is 14.6 Å². The SMILES string of the molecule is Cc1cnccc1-c1nn(C2CC3(C2)CN(C(=O)O)C3)c(C)c1-c1c(Cl)c(C)cc2c1cnn2C1CCCCO1. The van der Waals surface area contributed by atoms with E-state index < -0.39 is 6.09 Å².